The lowest BCUT2D eigenvalue weighted by atomic mass is 9.64. The second kappa shape index (κ2) is 6.88. The molecule has 0 unspecified atom stereocenters. The fraction of sp³-hybridized carbons (Fsp3) is 0.474. The summed E-state index contributed by atoms with van der Waals surface area (Å²) in [6, 6.07) is 5.04. The molecule has 3 atom stereocenters. The molecule has 25 heavy (non-hydrogen) atoms. The largest absolute Gasteiger partial charge is 0.512 e. The second-order valence-corrected chi connectivity index (χ2v) is 6.63. The molecule has 0 saturated carbocycles. The van der Waals surface area contributed by atoms with Crippen molar-refractivity contribution in [1.29, 1.82) is 0 Å². The van der Waals surface area contributed by atoms with Gasteiger partial charge >= 0.3 is 0 Å². The Bertz CT molecular complexity index is 731. The summed E-state index contributed by atoms with van der Waals surface area (Å²) in [6.07, 6.45) is -0.143. The van der Waals surface area contributed by atoms with Crippen molar-refractivity contribution in [2.45, 2.75) is 38.7 Å². The van der Waals surface area contributed by atoms with Crippen LogP contribution in [0.5, 0.6) is 11.5 Å². The number of hydrogen-bond donors (Lipinski definition) is 2. The summed E-state index contributed by atoms with van der Waals surface area (Å²) in [4.78, 5) is 24.5. The summed E-state index contributed by atoms with van der Waals surface area (Å²) in [6.45, 7) is 4.23. The topological polar surface area (TPSA) is 93.1 Å². The first-order valence-corrected chi connectivity index (χ1v) is 8.01. The quantitative estimate of drug-likeness (QED) is 0.849. The van der Waals surface area contributed by atoms with Gasteiger partial charge in [-0.1, -0.05) is 6.07 Å². The van der Waals surface area contributed by atoms with Crippen molar-refractivity contribution in [3.05, 3.63) is 35.1 Å². The minimum atomic E-state index is -1.47. The van der Waals surface area contributed by atoms with Gasteiger partial charge in [-0.25, -0.2) is 0 Å². The summed E-state index contributed by atoms with van der Waals surface area (Å²) >= 11 is 0. The summed E-state index contributed by atoms with van der Waals surface area (Å²) in [5.74, 6) is -1.45. The van der Waals surface area contributed by atoms with Gasteiger partial charge in [-0.2, -0.15) is 0 Å². The minimum absolute atomic E-state index is 0.143. The van der Waals surface area contributed by atoms with Crippen LogP contribution in [0.25, 0.3) is 0 Å². The number of Topliss-reactive ketones (excluding diaryl/α,β-unsaturated/α-hetero) is 2. The Morgan fingerprint density at radius 2 is 1.76 bits per heavy atom. The summed E-state index contributed by atoms with van der Waals surface area (Å²) < 4.78 is 10.5. The first-order chi connectivity index (χ1) is 11.6. The van der Waals surface area contributed by atoms with Crippen LogP contribution in [0.1, 0.15) is 38.7 Å². The van der Waals surface area contributed by atoms with Crippen LogP contribution in [-0.4, -0.2) is 41.6 Å². The van der Waals surface area contributed by atoms with Crippen LogP contribution in [0.2, 0.25) is 0 Å². The van der Waals surface area contributed by atoms with Crippen LogP contribution >= 0.6 is 0 Å². The third-order valence-corrected chi connectivity index (χ3v) is 4.73. The zero-order valence-corrected chi connectivity index (χ0v) is 15.1. The molecule has 6 nitrogen and oxygen atoms in total. The van der Waals surface area contributed by atoms with E-state index in [4.69, 9.17) is 9.47 Å². The Hall–Kier alpha value is -2.34. The SMILES string of the molecule is COc1ccc([C@@H]2C(C(C)=O)=C(O)C[C@](C)(O)[C@H]2C(C)=O)cc1OC. The first-order valence-electron chi connectivity index (χ1n) is 8.01. The van der Waals surface area contributed by atoms with Gasteiger partial charge in [0.25, 0.3) is 0 Å². The van der Waals surface area contributed by atoms with Gasteiger partial charge < -0.3 is 19.7 Å². The van der Waals surface area contributed by atoms with E-state index in [1.165, 1.54) is 35.0 Å². The summed E-state index contributed by atoms with van der Waals surface area (Å²) in [7, 11) is 2.99. The van der Waals surface area contributed by atoms with Crippen molar-refractivity contribution in [2.75, 3.05) is 14.2 Å². The lowest BCUT2D eigenvalue weighted by Crippen LogP contribution is -2.47. The molecule has 0 heterocycles. The number of benzene rings is 1. The van der Waals surface area contributed by atoms with E-state index in [9.17, 15) is 19.8 Å². The number of aliphatic hydroxyl groups excluding tert-OH is 1. The van der Waals surface area contributed by atoms with E-state index in [1.54, 1.807) is 18.2 Å². The van der Waals surface area contributed by atoms with Crippen molar-refractivity contribution in [1.82, 2.24) is 0 Å². The van der Waals surface area contributed by atoms with E-state index in [-0.39, 0.29) is 29.3 Å². The van der Waals surface area contributed by atoms with Crippen molar-refractivity contribution in [2.24, 2.45) is 5.92 Å². The number of carbonyl (C=O) groups is 2. The highest BCUT2D eigenvalue weighted by Crippen LogP contribution is 2.48. The Morgan fingerprint density at radius 1 is 1.16 bits per heavy atom. The van der Waals surface area contributed by atoms with Gasteiger partial charge in [0.2, 0.25) is 0 Å². The molecule has 1 aliphatic rings. The second-order valence-electron chi connectivity index (χ2n) is 6.63. The fourth-order valence-corrected chi connectivity index (χ4v) is 3.75. The fourth-order valence-electron chi connectivity index (χ4n) is 3.75. The maximum Gasteiger partial charge on any atom is 0.161 e. The van der Waals surface area contributed by atoms with Crippen LogP contribution < -0.4 is 9.47 Å². The van der Waals surface area contributed by atoms with E-state index < -0.39 is 17.4 Å². The molecule has 0 amide bonds. The number of ether oxygens (including phenoxy) is 2. The molecule has 136 valence electrons. The summed E-state index contributed by atoms with van der Waals surface area (Å²) in [5, 5.41) is 21.1. The van der Waals surface area contributed by atoms with Gasteiger partial charge in [0.15, 0.2) is 17.3 Å². The first kappa shape index (κ1) is 19.0. The van der Waals surface area contributed by atoms with Gasteiger partial charge in [0.1, 0.15) is 11.5 Å². The lowest BCUT2D eigenvalue weighted by Gasteiger charge is -2.42. The Labute approximate surface area is 147 Å². The highest BCUT2D eigenvalue weighted by molar-refractivity contribution is 5.97. The molecule has 6 heteroatoms. The molecule has 0 radical (unpaired) electrons. The third-order valence-electron chi connectivity index (χ3n) is 4.73. The Balaban J connectivity index is 2.72. The molecule has 0 spiro atoms. The zero-order valence-electron chi connectivity index (χ0n) is 15.1. The lowest BCUT2D eigenvalue weighted by molar-refractivity contribution is -0.132. The van der Waals surface area contributed by atoms with E-state index in [2.05, 4.69) is 0 Å². The molecule has 0 bridgehead atoms. The standard InChI is InChI=1S/C19H24O6/c1-10(20)16-13(22)9-19(3,23)18(11(2)21)17(16)12-6-7-14(24-4)15(8-12)25-5/h6-8,17-18,22-23H,9H2,1-5H3/t17-,18+,19+/m1/s1. The van der Waals surface area contributed by atoms with Crippen LogP contribution in [0.4, 0.5) is 0 Å². The predicted molar refractivity (Wildman–Crippen MR) is 92.0 cm³/mol. The smallest absolute Gasteiger partial charge is 0.161 e. The molecule has 0 aromatic heterocycles. The normalized spacial score (nSPS) is 26.3. The highest BCUT2D eigenvalue weighted by Gasteiger charge is 2.49. The molecular weight excluding hydrogens is 324 g/mol. The zero-order chi connectivity index (χ0) is 18.9. The Kier molecular flexibility index (Phi) is 5.23. The Morgan fingerprint density at radius 3 is 2.24 bits per heavy atom. The van der Waals surface area contributed by atoms with Crippen LogP contribution in [0.15, 0.2) is 29.5 Å². The van der Waals surface area contributed by atoms with Crippen LogP contribution in [-0.2, 0) is 9.59 Å². The number of rotatable bonds is 5. The van der Waals surface area contributed by atoms with Gasteiger partial charge in [0, 0.05) is 17.9 Å². The van der Waals surface area contributed by atoms with Crippen molar-refractivity contribution in [3.8, 4) is 11.5 Å². The molecule has 1 aromatic carbocycles. The molecule has 1 aromatic rings. The van der Waals surface area contributed by atoms with E-state index in [0.29, 0.717) is 17.1 Å². The van der Waals surface area contributed by atoms with Gasteiger partial charge in [-0.3, -0.25) is 9.59 Å². The molecular formula is C19H24O6. The number of methoxy groups -OCH3 is 2. The highest BCUT2D eigenvalue weighted by atomic mass is 16.5. The van der Waals surface area contributed by atoms with Crippen molar-refractivity contribution >= 4 is 11.6 Å². The number of allylic oxidation sites excluding steroid dienone is 1. The molecule has 2 N–H and O–H groups in total. The number of hydrogen-bond acceptors (Lipinski definition) is 6. The molecule has 0 aliphatic heterocycles. The van der Waals surface area contributed by atoms with E-state index in [1.807, 2.05) is 0 Å². The molecule has 1 aliphatic carbocycles. The average Bonchev–Trinajstić information content (AvgIpc) is 2.51. The average molecular weight is 348 g/mol. The number of carbonyl (C=O) groups excluding carboxylic acids is 2. The van der Waals surface area contributed by atoms with Crippen molar-refractivity contribution in [3.63, 3.8) is 0 Å². The number of ketones is 2. The van der Waals surface area contributed by atoms with Gasteiger partial charge in [-0.05, 0) is 38.5 Å². The molecule has 0 fully saturated rings. The van der Waals surface area contributed by atoms with E-state index in [0.717, 1.165) is 0 Å². The molecule has 2 rings (SSSR count). The minimum Gasteiger partial charge on any atom is -0.512 e. The van der Waals surface area contributed by atoms with Crippen LogP contribution in [0, 0.1) is 5.92 Å². The maximum absolute atomic E-state index is 12.3. The van der Waals surface area contributed by atoms with E-state index >= 15 is 0 Å². The third kappa shape index (κ3) is 3.39. The van der Waals surface area contributed by atoms with Gasteiger partial charge in [0.05, 0.1) is 25.7 Å². The van der Waals surface area contributed by atoms with Crippen LogP contribution in [0.3, 0.4) is 0 Å². The summed E-state index contributed by atoms with van der Waals surface area (Å²) in [5.41, 5.74) is -0.722. The van der Waals surface area contributed by atoms with Crippen molar-refractivity contribution < 1.29 is 29.3 Å². The molecule has 0 saturated heterocycles. The monoisotopic (exact) mass is 348 g/mol. The van der Waals surface area contributed by atoms with Gasteiger partial charge in [-0.15, -0.1) is 0 Å². The predicted octanol–water partition coefficient (Wildman–Crippen LogP) is 2.55. The number of aliphatic hydroxyl groups is 2. The maximum atomic E-state index is 12.3.